The van der Waals surface area contributed by atoms with Gasteiger partial charge in [-0.1, -0.05) is 6.07 Å². The van der Waals surface area contributed by atoms with Gasteiger partial charge in [-0.05, 0) is 42.6 Å². The molecule has 0 bridgehead atoms. The lowest BCUT2D eigenvalue weighted by molar-refractivity contribution is -0.895. The summed E-state index contributed by atoms with van der Waals surface area (Å²) in [7, 11) is -3.40. The summed E-state index contributed by atoms with van der Waals surface area (Å²) in [6, 6.07) is 10.6. The smallest absolute Gasteiger partial charge is 0.279 e. The summed E-state index contributed by atoms with van der Waals surface area (Å²) in [5, 5.41) is 4.64. The molecule has 1 aliphatic rings. The standard InChI is InChI=1S/C18H23N3O4S2/c1-2-25-16-7-5-15(6-8-16)19-17(22)14-20-9-11-21(12-10-20)27(23,24)18-4-3-13-26-18/h3-8,13H,2,9-12,14H2,1H3,(H,19,22)/p+1. The molecule has 9 heteroatoms. The van der Waals surface area contributed by atoms with E-state index in [1.165, 1.54) is 15.6 Å². The van der Waals surface area contributed by atoms with E-state index in [0.29, 0.717) is 43.5 Å². The first-order chi connectivity index (χ1) is 13.0. The summed E-state index contributed by atoms with van der Waals surface area (Å²) in [6.45, 7) is 4.91. The van der Waals surface area contributed by atoms with Gasteiger partial charge in [0.05, 0.1) is 32.8 Å². The van der Waals surface area contributed by atoms with Crippen LogP contribution in [0, 0.1) is 0 Å². The molecule has 0 atom stereocenters. The Hall–Kier alpha value is -1.94. The van der Waals surface area contributed by atoms with E-state index in [9.17, 15) is 13.2 Å². The van der Waals surface area contributed by atoms with Crippen LogP contribution in [0.3, 0.4) is 0 Å². The average Bonchev–Trinajstić information content (AvgIpc) is 3.20. The van der Waals surface area contributed by atoms with Crippen LogP contribution < -0.4 is 15.0 Å². The Labute approximate surface area is 163 Å². The number of carbonyl (C=O) groups is 1. The fourth-order valence-electron chi connectivity index (χ4n) is 2.99. The highest BCUT2D eigenvalue weighted by Crippen LogP contribution is 2.20. The maximum absolute atomic E-state index is 12.5. The molecule has 27 heavy (non-hydrogen) atoms. The minimum atomic E-state index is -3.40. The van der Waals surface area contributed by atoms with Crippen LogP contribution in [0.2, 0.25) is 0 Å². The highest BCUT2D eigenvalue weighted by atomic mass is 32.2. The number of hydrogen-bond donors (Lipinski definition) is 2. The molecular formula is C18H24N3O4S2+. The fourth-order valence-corrected chi connectivity index (χ4v) is 5.58. The van der Waals surface area contributed by atoms with Crippen LogP contribution in [0.25, 0.3) is 0 Å². The van der Waals surface area contributed by atoms with Gasteiger partial charge in [0.1, 0.15) is 9.96 Å². The van der Waals surface area contributed by atoms with Crippen molar-refractivity contribution in [2.75, 3.05) is 44.6 Å². The summed E-state index contributed by atoms with van der Waals surface area (Å²) in [5.74, 6) is 0.688. The second-order valence-electron chi connectivity index (χ2n) is 6.27. The molecule has 146 valence electrons. The van der Waals surface area contributed by atoms with Crippen LogP contribution in [0.5, 0.6) is 5.75 Å². The van der Waals surface area contributed by atoms with Gasteiger partial charge < -0.3 is 15.0 Å². The lowest BCUT2D eigenvalue weighted by atomic mass is 10.3. The summed E-state index contributed by atoms with van der Waals surface area (Å²) >= 11 is 1.23. The molecule has 0 aliphatic carbocycles. The van der Waals surface area contributed by atoms with Gasteiger partial charge in [0.2, 0.25) is 0 Å². The van der Waals surface area contributed by atoms with Gasteiger partial charge in [-0.2, -0.15) is 4.31 Å². The first-order valence-corrected chi connectivity index (χ1v) is 11.2. The Morgan fingerprint density at radius 1 is 1.22 bits per heavy atom. The highest BCUT2D eigenvalue weighted by Gasteiger charge is 2.31. The number of sulfonamides is 1. The van der Waals surface area contributed by atoms with E-state index in [-0.39, 0.29) is 5.91 Å². The number of piperazine rings is 1. The Morgan fingerprint density at radius 2 is 1.93 bits per heavy atom. The lowest BCUT2D eigenvalue weighted by Crippen LogP contribution is -3.15. The SMILES string of the molecule is CCOc1ccc(NC(=O)C[NH+]2CCN(S(=O)(=O)c3cccs3)CC2)cc1. The second kappa shape index (κ2) is 8.83. The normalized spacial score (nSPS) is 16.2. The first-order valence-electron chi connectivity index (χ1n) is 8.89. The minimum absolute atomic E-state index is 0.0799. The van der Waals surface area contributed by atoms with E-state index >= 15 is 0 Å². The van der Waals surface area contributed by atoms with Crippen molar-refractivity contribution in [3.05, 3.63) is 41.8 Å². The van der Waals surface area contributed by atoms with E-state index in [1.807, 2.05) is 31.2 Å². The summed E-state index contributed by atoms with van der Waals surface area (Å²) < 4.78 is 32.3. The van der Waals surface area contributed by atoms with Crippen molar-refractivity contribution in [3.63, 3.8) is 0 Å². The van der Waals surface area contributed by atoms with Crippen molar-refractivity contribution in [1.82, 2.24) is 4.31 Å². The van der Waals surface area contributed by atoms with E-state index in [4.69, 9.17) is 4.74 Å². The monoisotopic (exact) mass is 410 g/mol. The number of quaternary nitrogens is 1. The number of ether oxygens (including phenoxy) is 1. The molecule has 2 N–H and O–H groups in total. The lowest BCUT2D eigenvalue weighted by Gasteiger charge is -2.30. The molecular weight excluding hydrogens is 386 g/mol. The predicted octanol–water partition coefficient (Wildman–Crippen LogP) is 0.675. The predicted molar refractivity (Wildman–Crippen MR) is 105 cm³/mol. The summed E-state index contributed by atoms with van der Waals surface area (Å²) in [4.78, 5) is 13.3. The molecule has 1 fully saturated rings. The summed E-state index contributed by atoms with van der Waals surface area (Å²) in [5.41, 5.74) is 0.724. The molecule has 0 saturated carbocycles. The zero-order valence-electron chi connectivity index (χ0n) is 15.2. The van der Waals surface area contributed by atoms with Gasteiger partial charge >= 0.3 is 0 Å². The first kappa shape index (κ1) is 19.8. The van der Waals surface area contributed by atoms with Crippen LogP contribution in [0.1, 0.15) is 6.92 Å². The number of anilines is 1. The van der Waals surface area contributed by atoms with E-state index in [0.717, 1.165) is 16.3 Å². The topological polar surface area (TPSA) is 80.2 Å². The largest absolute Gasteiger partial charge is 0.494 e. The molecule has 1 aliphatic heterocycles. The summed E-state index contributed by atoms with van der Waals surface area (Å²) in [6.07, 6.45) is 0. The molecule has 0 spiro atoms. The van der Waals surface area contributed by atoms with E-state index in [2.05, 4.69) is 5.32 Å². The van der Waals surface area contributed by atoms with Gasteiger partial charge in [-0.25, -0.2) is 8.42 Å². The van der Waals surface area contributed by atoms with E-state index < -0.39 is 10.0 Å². The third-order valence-corrected chi connectivity index (χ3v) is 7.65. The quantitative estimate of drug-likeness (QED) is 0.703. The van der Waals surface area contributed by atoms with Crippen LogP contribution in [0.4, 0.5) is 5.69 Å². The van der Waals surface area contributed by atoms with Crippen molar-refractivity contribution in [1.29, 1.82) is 0 Å². The number of thiophene rings is 1. The van der Waals surface area contributed by atoms with Crippen LogP contribution in [-0.2, 0) is 14.8 Å². The molecule has 2 heterocycles. The van der Waals surface area contributed by atoms with E-state index in [1.54, 1.807) is 17.5 Å². The minimum Gasteiger partial charge on any atom is -0.494 e. The third-order valence-electron chi connectivity index (χ3n) is 4.38. The number of benzene rings is 1. The maximum atomic E-state index is 12.5. The Bertz CT molecular complexity index is 843. The number of hydrogen-bond acceptors (Lipinski definition) is 5. The highest BCUT2D eigenvalue weighted by molar-refractivity contribution is 7.91. The Balaban J connectivity index is 1.48. The Kier molecular flexibility index (Phi) is 6.48. The molecule has 1 aromatic carbocycles. The third kappa shape index (κ3) is 5.07. The number of amides is 1. The molecule has 7 nitrogen and oxygen atoms in total. The molecule has 1 amide bonds. The van der Waals surface area contributed by atoms with Crippen LogP contribution in [-0.4, -0.2) is 58.0 Å². The van der Waals surface area contributed by atoms with Gasteiger partial charge in [-0.3, -0.25) is 4.79 Å². The number of rotatable bonds is 7. The van der Waals surface area contributed by atoms with Gasteiger partial charge in [0, 0.05) is 5.69 Å². The number of carbonyl (C=O) groups excluding carboxylic acids is 1. The fraction of sp³-hybridized carbons (Fsp3) is 0.389. The number of nitrogens with one attached hydrogen (secondary N) is 2. The maximum Gasteiger partial charge on any atom is 0.279 e. The molecule has 0 radical (unpaired) electrons. The van der Waals surface area contributed by atoms with Crippen molar-refractivity contribution < 1.29 is 22.8 Å². The van der Waals surface area contributed by atoms with Crippen molar-refractivity contribution in [2.45, 2.75) is 11.1 Å². The van der Waals surface area contributed by atoms with Crippen molar-refractivity contribution >= 4 is 33.0 Å². The van der Waals surface area contributed by atoms with Crippen molar-refractivity contribution in [2.24, 2.45) is 0 Å². The molecule has 1 aromatic heterocycles. The van der Waals surface area contributed by atoms with Crippen LogP contribution >= 0.6 is 11.3 Å². The second-order valence-corrected chi connectivity index (χ2v) is 9.38. The molecule has 0 unspecified atom stereocenters. The molecule has 1 saturated heterocycles. The van der Waals surface area contributed by atoms with Gasteiger partial charge in [-0.15, -0.1) is 11.3 Å². The average molecular weight is 411 g/mol. The zero-order valence-corrected chi connectivity index (χ0v) is 16.8. The van der Waals surface area contributed by atoms with Gasteiger partial charge in [0.15, 0.2) is 6.54 Å². The van der Waals surface area contributed by atoms with Crippen molar-refractivity contribution in [3.8, 4) is 5.75 Å². The Morgan fingerprint density at radius 3 is 2.52 bits per heavy atom. The number of nitrogens with zero attached hydrogens (tertiary/aromatic N) is 1. The van der Waals surface area contributed by atoms with Crippen LogP contribution in [0.15, 0.2) is 46.0 Å². The molecule has 2 aromatic rings. The molecule has 3 rings (SSSR count). The van der Waals surface area contributed by atoms with Gasteiger partial charge in [0.25, 0.3) is 15.9 Å². The zero-order chi connectivity index (χ0) is 19.3.